The number of ether oxygens (including phenoxy) is 2. The number of carbonyl (C=O) groups is 3. The van der Waals surface area contributed by atoms with Crippen LogP contribution >= 0.6 is 0 Å². The second-order valence-electron chi connectivity index (χ2n) is 10.9. The van der Waals surface area contributed by atoms with Crippen molar-refractivity contribution >= 4 is 28.5 Å². The van der Waals surface area contributed by atoms with E-state index in [4.69, 9.17) is 9.47 Å². The maximum Gasteiger partial charge on any atom is 0.343 e. The highest BCUT2D eigenvalue weighted by Crippen LogP contribution is 2.35. The fourth-order valence-electron chi connectivity index (χ4n) is 4.19. The Bertz CT molecular complexity index is 1570. The molecule has 9 nitrogen and oxygen atoms in total. The molecule has 1 N–H and O–H groups in total. The van der Waals surface area contributed by atoms with E-state index >= 15 is 0 Å². The smallest absolute Gasteiger partial charge is 0.343 e. The molecule has 0 saturated heterocycles. The molecule has 1 atom stereocenters. The molecule has 3 rings (SSSR count). The lowest BCUT2D eigenvalue weighted by Gasteiger charge is -2.25. The molecule has 0 bridgehead atoms. The lowest BCUT2D eigenvalue weighted by atomic mass is 10.1. The van der Waals surface area contributed by atoms with Gasteiger partial charge in [-0.25, -0.2) is 9.59 Å². The molecule has 3 aromatic carbocycles. The maximum absolute atomic E-state index is 13.2. The fraction of sp³-hybridized carbons (Fsp3) is 0.323. The Labute approximate surface area is 240 Å². The lowest BCUT2D eigenvalue weighted by molar-refractivity contribution is -0.120. The highest BCUT2D eigenvalue weighted by Gasteiger charge is 2.32. The van der Waals surface area contributed by atoms with Gasteiger partial charge in [-0.1, -0.05) is 41.5 Å². The predicted molar refractivity (Wildman–Crippen MR) is 155 cm³/mol. The molecule has 0 aromatic heterocycles. The van der Waals surface area contributed by atoms with Crippen LogP contribution in [0.15, 0.2) is 54.6 Å². The van der Waals surface area contributed by atoms with Crippen LogP contribution in [0.1, 0.15) is 74.6 Å². The number of nitrogens with one attached hydrogen (secondary N) is 1. The van der Waals surface area contributed by atoms with Crippen LogP contribution in [0, 0.1) is 27.7 Å². The van der Waals surface area contributed by atoms with Gasteiger partial charge in [-0.2, -0.15) is 8.42 Å². The van der Waals surface area contributed by atoms with E-state index in [9.17, 15) is 22.8 Å². The van der Waals surface area contributed by atoms with E-state index in [1.807, 2.05) is 46.8 Å². The van der Waals surface area contributed by atoms with Gasteiger partial charge >= 0.3 is 28.5 Å². The zero-order chi connectivity index (χ0) is 30.5. The van der Waals surface area contributed by atoms with Crippen molar-refractivity contribution < 1.29 is 36.5 Å². The molecule has 3 aromatic rings. The fourth-order valence-corrected chi connectivity index (χ4v) is 5.20. The standard InChI is InChI=1S/C31H35NO8S/c1-19-8-11-24(21(3)14-19)29(34)39-26-13-10-23(28(17-32-31(5,6)7)41(36,37)38-18-33)16-27(26)40-30(35)25-12-9-20(2)15-22(25)4/h8-16,18,28,32H,17H2,1-7H3. The second-order valence-corrected chi connectivity index (χ2v) is 12.7. The van der Waals surface area contributed by atoms with Crippen LogP contribution in [-0.2, 0) is 19.1 Å². The quantitative estimate of drug-likeness (QED) is 0.147. The van der Waals surface area contributed by atoms with Crippen LogP contribution in [0.25, 0.3) is 0 Å². The van der Waals surface area contributed by atoms with Crippen molar-refractivity contribution in [2.75, 3.05) is 6.54 Å². The minimum atomic E-state index is -4.42. The summed E-state index contributed by atoms with van der Waals surface area (Å²) in [5.74, 6) is -1.66. The Kier molecular flexibility index (Phi) is 9.73. The summed E-state index contributed by atoms with van der Waals surface area (Å²) in [6.45, 7) is 12.6. The van der Waals surface area contributed by atoms with Gasteiger partial charge in [0.2, 0.25) is 0 Å². The topological polar surface area (TPSA) is 125 Å². The Hall–Kier alpha value is -4.02. The van der Waals surface area contributed by atoms with Gasteiger partial charge in [0.25, 0.3) is 0 Å². The van der Waals surface area contributed by atoms with Crippen LogP contribution in [0.5, 0.6) is 11.5 Å². The molecular formula is C31H35NO8S. The molecule has 1 unspecified atom stereocenters. The summed E-state index contributed by atoms with van der Waals surface area (Å²) in [7, 11) is -4.42. The molecule has 0 saturated carbocycles. The largest absolute Gasteiger partial charge is 0.419 e. The van der Waals surface area contributed by atoms with Crippen LogP contribution in [0.4, 0.5) is 0 Å². The summed E-state index contributed by atoms with van der Waals surface area (Å²) in [5, 5.41) is 1.74. The van der Waals surface area contributed by atoms with E-state index in [2.05, 4.69) is 9.50 Å². The zero-order valence-corrected chi connectivity index (χ0v) is 25.0. The molecule has 0 spiro atoms. The molecule has 0 fully saturated rings. The number of rotatable bonds is 10. The number of carbonyl (C=O) groups excluding carboxylic acids is 3. The number of hydrogen-bond acceptors (Lipinski definition) is 9. The van der Waals surface area contributed by atoms with Crippen molar-refractivity contribution in [1.82, 2.24) is 5.32 Å². The van der Waals surface area contributed by atoms with Crippen molar-refractivity contribution in [1.29, 1.82) is 0 Å². The van der Waals surface area contributed by atoms with E-state index in [-0.39, 0.29) is 35.6 Å². The van der Waals surface area contributed by atoms with Gasteiger partial charge in [0.1, 0.15) is 5.25 Å². The van der Waals surface area contributed by atoms with Gasteiger partial charge in [-0.3, -0.25) is 4.79 Å². The average Bonchev–Trinajstić information content (AvgIpc) is 2.84. The lowest BCUT2D eigenvalue weighted by Crippen LogP contribution is -2.40. The molecule has 0 aliphatic rings. The van der Waals surface area contributed by atoms with Gasteiger partial charge in [0, 0.05) is 12.1 Å². The van der Waals surface area contributed by atoms with Crippen molar-refractivity contribution in [3.05, 3.63) is 93.5 Å². The van der Waals surface area contributed by atoms with E-state index in [1.54, 1.807) is 38.1 Å². The summed E-state index contributed by atoms with van der Waals surface area (Å²) in [5.41, 5.74) is 3.60. The zero-order valence-electron chi connectivity index (χ0n) is 24.2. The summed E-state index contributed by atoms with van der Waals surface area (Å²) in [6.07, 6.45) is 0. The van der Waals surface area contributed by atoms with Crippen molar-refractivity contribution in [2.45, 2.75) is 59.3 Å². The van der Waals surface area contributed by atoms with E-state index < -0.39 is 32.8 Å². The monoisotopic (exact) mass is 581 g/mol. The van der Waals surface area contributed by atoms with Crippen molar-refractivity contribution in [3.8, 4) is 11.5 Å². The first-order valence-corrected chi connectivity index (χ1v) is 14.4. The number of esters is 2. The highest BCUT2D eigenvalue weighted by molar-refractivity contribution is 7.87. The third-order valence-corrected chi connectivity index (χ3v) is 7.77. The summed E-state index contributed by atoms with van der Waals surface area (Å²) in [6, 6.07) is 14.5. The van der Waals surface area contributed by atoms with Crippen LogP contribution < -0.4 is 14.8 Å². The minimum Gasteiger partial charge on any atom is -0.419 e. The van der Waals surface area contributed by atoms with Crippen LogP contribution in [0.2, 0.25) is 0 Å². The molecule has 0 heterocycles. The molecule has 0 aliphatic heterocycles. The molecule has 0 amide bonds. The van der Waals surface area contributed by atoms with Crippen molar-refractivity contribution in [3.63, 3.8) is 0 Å². The van der Waals surface area contributed by atoms with Gasteiger partial charge < -0.3 is 19.0 Å². The Balaban J connectivity index is 2.09. The summed E-state index contributed by atoms with van der Waals surface area (Å²) in [4.78, 5) is 37.3. The molecule has 0 radical (unpaired) electrons. The maximum atomic E-state index is 13.2. The SMILES string of the molecule is Cc1ccc(C(=O)Oc2ccc(C(CNC(C)(C)C)S(=O)(=O)OC=O)cc2OC(=O)c2ccc(C)cc2C)c(C)c1. The summed E-state index contributed by atoms with van der Waals surface area (Å²) >= 11 is 0. The number of benzene rings is 3. The van der Waals surface area contributed by atoms with Gasteiger partial charge in [-0.15, -0.1) is 0 Å². The van der Waals surface area contributed by atoms with E-state index in [1.165, 1.54) is 18.2 Å². The van der Waals surface area contributed by atoms with Crippen LogP contribution in [-0.4, -0.2) is 38.9 Å². The molecular weight excluding hydrogens is 546 g/mol. The molecule has 218 valence electrons. The molecule has 0 aliphatic carbocycles. The third kappa shape index (κ3) is 8.25. The Morgan fingerprint density at radius 1 is 0.805 bits per heavy atom. The highest BCUT2D eigenvalue weighted by atomic mass is 32.2. The predicted octanol–water partition coefficient (Wildman–Crippen LogP) is 5.29. The first-order valence-electron chi connectivity index (χ1n) is 12.9. The minimum absolute atomic E-state index is 0.0897. The third-order valence-electron chi connectivity index (χ3n) is 6.29. The average molecular weight is 582 g/mol. The van der Waals surface area contributed by atoms with E-state index in [0.717, 1.165) is 11.1 Å². The first-order chi connectivity index (χ1) is 19.1. The van der Waals surface area contributed by atoms with Gasteiger partial charge in [0.05, 0.1) is 11.1 Å². The van der Waals surface area contributed by atoms with Crippen molar-refractivity contribution in [2.24, 2.45) is 0 Å². The second kappa shape index (κ2) is 12.7. The Morgan fingerprint density at radius 2 is 1.32 bits per heavy atom. The Morgan fingerprint density at radius 3 is 1.78 bits per heavy atom. The molecule has 10 heteroatoms. The molecule has 41 heavy (non-hydrogen) atoms. The van der Waals surface area contributed by atoms with Gasteiger partial charge in [0.15, 0.2) is 11.5 Å². The first kappa shape index (κ1) is 31.5. The van der Waals surface area contributed by atoms with Crippen LogP contribution in [0.3, 0.4) is 0 Å². The van der Waals surface area contributed by atoms with Gasteiger partial charge in [-0.05, 0) is 89.4 Å². The van der Waals surface area contributed by atoms with E-state index in [0.29, 0.717) is 16.7 Å². The number of hydrogen-bond donors (Lipinski definition) is 1. The summed E-state index contributed by atoms with van der Waals surface area (Å²) < 4.78 is 41.6. The number of aryl methyl sites for hydroxylation is 4. The normalized spacial score (nSPS) is 12.4.